The first-order valence-corrected chi connectivity index (χ1v) is 6.59. The van der Waals surface area contributed by atoms with Crippen LogP contribution in [0.15, 0.2) is 30.3 Å². The van der Waals surface area contributed by atoms with Crippen molar-refractivity contribution in [3.63, 3.8) is 0 Å². The largest absolute Gasteiger partial charge is 0.478 e. The average molecular weight is 274 g/mol. The van der Waals surface area contributed by atoms with E-state index in [0.29, 0.717) is 29.9 Å². The van der Waals surface area contributed by atoms with Gasteiger partial charge in [0, 0.05) is 18.0 Å². The molecule has 1 heterocycles. The van der Waals surface area contributed by atoms with E-state index in [9.17, 15) is 4.79 Å². The van der Waals surface area contributed by atoms with E-state index >= 15 is 0 Å². The molecule has 2 N–H and O–H groups in total. The molecule has 0 aliphatic heterocycles. The Hall–Kier alpha value is -2.14. The van der Waals surface area contributed by atoms with Crippen LogP contribution in [-0.2, 0) is 4.74 Å². The zero-order valence-electron chi connectivity index (χ0n) is 11.6. The molecule has 20 heavy (non-hydrogen) atoms. The van der Waals surface area contributed by atoms with E-state index in [2.05, 4.69) is 10.3 Å². The Labute approximate surface area is 117 Å². The Morgan fingerprint density at radius 3 is 2.90 bits per heavy atom. The van der Waals surface area contributed by atoms with Crippen molar-refractivity contribution in [2.24, 2.45) is 0 Å². The van der Waals surface area contributed by atoms with Gasteiger partial charge in [-0.05, 0) is 38.1 Å². The highest BCUT2D eigenvalue weighted by Crippen LogP contribution is 2.19. The Kier molecular flexibility index (Phi) is 4.53. The highest BCUT2D eigenvalue weighted by Gasteiger charge is 2.10. The molecule has 1 aromatic heterocycles. The third kappa shape index (κ3) is 3.24. The van der Waals surface area contributed by atoms with Crippen molar-refractivity contribution >= 4 is 22.7 Å². The van der Waals surface area contributed by atoms with E-state index in [-0.39, 0.29) is 11.6 Å². The maximum atomic E-state index is 11.1. The number of anilines is 1. The first kappa shape index (κ1) is 14.3. The quantitative estimate of drug-likeness (QED) is 0.847. The summed E-state index contributed by atoms with van der Waals surface area (Å²) in [6, 6.07) is 8.80. The van der Waals surface area contributed by atoms with Gasteiger partial charge in [0.25, 0.3) is 0 Å². The van der Waals surface area contributed by atoms with Crippen LogP contribution >= 0.6 is 0 Å². The smallest absolute Gasteiger partial charge is 0.336 e. The number of pyridine rings is 1. The molecule has 2 aromatic rings. The summed E-state index contributed by atoms with van der Waals surface area (Å²) in [5.41, 5.74) is 0.933. The van der Waals surface area contributed by atoms with Crippen LogP contribution in [0, 0.1) is 0 Å². The second-order valence-electron chi connectivity index (χ2n) is 4.58. The average Bonchev–Trinajstić information content (AvgIpc) is 2.44. The van der Waals surface area contributed by atoms with Crippen LogP contribution in [0.25, 0.3) is 10.9 Å². The summed E-state index contributed by atoms with van der Waals surface area (Å²) in [7, 11) is 0. The van der Waals surface area contributed by atoms with E-state index in [0.717, 1.165) is 0 Å². The highest BCUT2D eigenvalue weighted by molar-refractivity contribution is 6.02. The lowest BCUT2D eigenvalue weighted by Gasteiger charge is -2.14. The fraction of sp³-hybridized carbons (Fsp3) is 0.333. The van der Waals surface area contributed by atoms with Gasteiger partial charge in [-0.2, -0.15) is 0 Å². The van der Waals surface area contributed by atoms with Crippen LogP contribution < -0.4 is 5.32 Å². The second-order valence-corrected chi connectivity index (χ2v) is 4.58. The molecule has 0 spiro atoms. The minimum absolute atomic E-state index is 0.141. The van der Waals surface area contributed by atoms with Crippen molar-refractivity contribution in [1.82, 2.24) is 4.98 Å². The first-order chi connectivity index (χ1) is 9.61. The molecular formula is C15H18N2O3. The molecule has 0 amide bonds. The van der Waals surface area contributed by atoms with Crippen molar-refractivity contribution < 1.29 is 14.6 Å². The van der Waals surface area contributed by atoms with Gasteiger partial charge in [0.1, 0.15) is 5.82 Å². The van der Waals surface area contributed by atoms with Crippen LogP contribution in [0.2, 0.25) is 0 Å². The molecule has 0 fully saturated rings. The Morgan fingerprint density at radius 1 is 1.40 bits per heavy atom. The maximum absolute atomic E-state index is 11.1. The Morgan fingerprint density at radius 2 is 2.20 bits per heavy atom. The number of aromatic carboxylic acids is 1. The lowest BCUT2D eigenvalue weighted by Crippen LogP contribution is -2.22. The summed E-state index contributed by atoms with van der Waals surface area (Å²) in [6.07, 6.45) is 0. The molecule has 5 nitrogen and oxygen atoms in total. The minimum atomic E-state index is -0.942. The number of rotatable bonds is 6. The summed E-state index contributed by atoms with van der Waals surface area (Å²) in [6.45, 7) is 5.24. The monoisotopic (exact) mass is 274 g/mol. The number of aromatic nitrogens is 1. The molecule has 1 unspecified atom stereocenters. The number of carboxylic acids is 1. The fourth-order valence-electron chi connectivity index (χ4n) is 2.01. The number of hydrogen-bond donors (Lipinski definition) is 2. The van der Waals surface area contributed by atoms with Gasteiger partial charge in [0.05, 0.1) is 17.7 Å². The molecule has 0 aliphatic rings. The summed E-state index contributed by atoms with van der Waals surface area (Å²) in [5, 5.41) is 13.0. The number of fused-ring (bicyclic) bond motifs is 1. The van der Waals surface area contributed by atoms with E-state index in [1.165, 1.54) is 0 Å². The zero-order valence-corrected chi connectivity index (χ0v) is 11.6. The molecule has 0 bridgehead atoms. The van der Waals surface area contributed by atoms with Crippen LogP contribution in [0.4, 0.5) is 5.82 Å². The number of nitrogens with zero attached hydrogens (tertiary/aromatic N) is 1. The van der Waals surface area contributed by atoms with Crippen LogP contribution in [0.1, 0.15) is 24.2 Å². The van der Waals surface area contributed by atoms with Crippen LogP contribution in [0.3, 0.4) is 0 Å². The van der Waals surface area contributed by atoms with Crippen LogP contribution in [0.5, 0.6) is 0 Å². The summed E-state index contributed by atoms with van der Waals surface area (Å²) < 4.78 is 5.34. The van der Waals surface area contributed by atoms with Crippen molar-refractivity contribution in [3.05, 3.63) is 35.9 Å². The van der Waals surface area contributed by atoms with Crippen molar-refractivity contribution in [2.45, 2.75) is 19.9 Å². The fourth-order valence-corrected chi connectivity index (χ4v) is 2.01. The normalized spacial score (nSPS) is 12.3. The molecule has 0 radical (unpaired) electrons. The Balaban J connectivity index is 2.24. The standard InChI is InChI=1S/C15H18N2O3/c1-3-20-9-10(2)16-14-8-7-11-12(15(18)19)5-4-6-13(11)17-14/h4-8,10H,3,9H2,1-2H3,(H,16,17)(H,18,19). The molecule has 1 atom stereocenters. The first-order valence-electron chi connectivity index (χ1n) is 6.59. The van der Waals surface area contributed by atoms with Crippen LogP contribution in [-0.4, -0.2) is 35.3 Å². The molecule has 0 aliphatic carbocycles. The third-order valence-electron chi connectivity index (χ3n) is 2.93. The van der Waals surface area contributed by atoms with Crippen molar-refractivity contribution in [2.75, 3.05) is 18.5 Å². The lowest BCUT2D eigenvalue weighted by atomic mass is 10.1. The van der Waals surface area contributed by atoms with E-state index < -0.39 is 5.97 Å². The highest BCUT2D eigenvalue weighted by atomic mass is 16.5. The second kappa shape index (κ2) is 6.34. The van der Waals surface area contributed by atoms with Gasteiger partial charge in [-0.3, -0.25) is 0 Å². The molecular weight excluding hydrogens is 256 g/mol. The molecule has 2 rings (SSSR count). The number of carboxylic acid groups (broad SMARTS) is 1. The third-order valence-corrected chi connectivity index (χ3v) is 2.93. The van der Waals surface area contributed by atoms with Gasteiger partial charge in [-0.1, -0.05) is 6.07 Å². The number of benzene rings is 1. The molecule has 5 heteroatoms. The molecule has 1 aromatic carbocycles. The number of hydrogen-bond acceptors (Lipinski definition) is 4. The lowest BCUT2D eigenvalue weighted by molar-refractivity contribution is 0.0699. The van der Waals surface area contributed by atoms with Gasteiger partial charge in [0.15, 0.2) is 0 Å². The van der Waals surface area contributed by atoms with Gasteiger partial charge < -0.3 is 15.2 Å². The van der Waals surface area contributed by atoms with Crippen molar-refractivity contribution in [3.8, 4) is 0 Å². The van der Waals surface area contributed by atoms with Gasteiger partial charge in [0.2, 0.25) is 0 Å². The maximum Gasteiger partial charge on any atom is 0.336 e. The summed E-state index contributed by atoms with van der Waals surface area (Å²) in [5.74, 6) is -0.227. The summed E-state index contributed by atoms with van der Waals surface area (Å²) >= 11 is 0. The summed E-state index contributed by atoms with van der Waals surface area (Å²) in [4.78, 5) is 15.6. The molecule has 0 saturated heterocycles. The zero-order chi connectivity index (χ0) is 14.5. The predicted octanol–water partition coefficient (Wildman–Crippen LogP) is 2.77. The predicted molar refractivity (Wildman–Crippen MR) is 78.3 cm³/mol. The topological polar surface area (TPSA) is 71.5 Å². The SMILES string of the molecule is CCOCC(C)Nc1ccc2c(C(=O)O)cccc2n1. The number of ether oxygens (including phenoxy) is 1. The Bertz CT molecular complexity index is 613. The minimum Gasteiger partial charge on any atom is -0.478 e. The van der Waals surface area contributed by atoms with Crippen molar-refractivity contribution in [1.29, 1.82) is 0 Å². The molecule has 0 saturated carbocycles. The van der Waals surface area contributed by atoms with Gasteiger partial charge in [-0.15, -0.1) is 0 Å². The van der Waals surface area contributed by atoms with Gasteiger partial charge >= 0.3 is 5.97 Å². The number of carbonyl (C=O) groups is 1. The van der Waals surface area contributed by atoms with Gasteiger partial charge in [-0.25, -0.2) is 9.78 Å². The van der Waals surface area contributed by atoms with E-state index in [4.69, 9.17) is 9.84 Å². The molecule has 106 valence electrons. The van der Waals surface area contributed by atoms with E-state index in [1.807, 2.05) is 13.8 Å². The van der Waals surface area contributed by atoms with E-state index in [1.54, 1.807) is 30.3 Å². The number of nitrogens with one attached hydrogen (secondary N) is 1.